The summed E-state index contributed by atoms with van der Waals surface area (Å²) in [5, 5.41) is 29.6. The summed E-state index contributed by atoms with van der Waals surface area (Å²) in [6.45, 7) is 0. The molecule has 0 aromatic heterocycles. The predicted octanol–water partition coefficient (Wildman–Crippen LogP) is -0.714. The zero-order chi connectivity index (χ0) is 10.1. The Bertz CT molecular complexity index is 189. The van der Waals surface area contributed by atoms with Gasteiger partial charge in [-0.2, -0.15) is 0 Å². The number of carbonyl (C=O) groups is 3. The van der Waals surface area contributed by atoms with Crippen molar-refractivity contribution in [2.45, 2.75) is 0 Å². The normalized spacial score (nSPS) is 7.69. The quantitative estimate of drug-likeness (QED) is 0.343. The summed E-state index contributed by atoms with van der Waals surface area (Å²) in [7, 11) is 0. The fourth-order valence-electron chi connectivity index (χ4n) is 0.143. The van der Waals surface area contributed by atoms with Crippen molar-refractivity contribution in [1.29, 1.82) is 0 Å². The molecule has 0 rings (SSSR count). The third-order valence-corrected chi connectivity index (χ3v) is 0.368. The van der Waals surface area contributed by atoms with Crippen LogP contribution in [0.2, 0.25) is 0 Å². The monoisotopic (exact) mass is 202 g/mol. The van der Waals surface area contributed by atoms with Crippen molar-refractivity contribution in [2.75, 3.05) is 0 Å². The minimum absolute atomic E-state index is 0. The van der Waals surface area contributed by atoms with Crippen LogP contribution in [0, 0.1) is 0 Å². The first-order valence-corrected chi connectivity index (χ1v) is 2.42. The van der Waals surface area contributed by atoms with Gasteiger partial charge in [-0.3, -0.25) is 0 Å². The van der Waals surface area contributed by atoms with E-state index >= 15 is 0 Å². The number of carboxylic acid groups (broad SMARTS) is 4. The Morgan fingerprint density at radius 1 is 0.769 bits per heavy atom. The van der Waals surface area contributed by atoms with Gasteiger partial charge in [-0.25, -0.2) is 14.4 Å². The fourth-order valence-corrected chi connectivity index (χ4v) is 0.143. The molecule has 0 atom stereocenters. The Morgan fingerprint density at radius 3 is 1.00 bits per heavy atom. The molecule has 0 spiro atoms. The van der Waals surface area contributed by atoms with E-state index in [1.807, 2.05) is 0 Å². The van der Waals surface area contributed by atoms with E-state index in [1.165, 1.54) is 0 Å². The molecule has 0 fully saturated rings. The van der Waals surface area contributed by atoms with Gasteiger partial charge in [-0.15, -0.1) is 0 Å². The maximum absolute atomic E-state index is 9.55. The molecule has 0 saturated heterocycles. The molecule has 70 valence electrons. The van der Waals surface area contributed by atoms with Crippen molar-refractivity contribution in [1.82, 2.24) is 0 Å². The van der Waals surface area contributed by atoms with Gasteiger partial charge in [0.1, 0.15) is 0 Å². The van der Waals surface area contributed by atoms with Crippen LogP contribution in [0.3, 0.4) is 0 Å². The summed E-state index contributed by atoms with van der Waals surface area (Å²) < 4.78 is 0. The Labute approximate surface area is 94.6 Å². The SMILES string of the molecule is O=C(O)C=CC(=O)O.O=C(O)O.[NaH]. The molecule has 0 heterocycles. The van der Waals surface area contributed by atoms with Gasteiger partial charge in [0, 0.05) is 12.2 Å². The van der Waals surface area contributed by atoms with E-state index in [-0.39, 0.29) is 29.6 Å². The molecule has 0 amide bonds. The molecule has 0 aromatic carbocycles. The van der Waals surface area contributed by atoms with Crippen LogP contribution in [-0.4, -0.2) is 68.1 Å². The van der Waals surface area contributed by atoms with E-state index in [1.54, 1.807) is 0 Å². The molecule has 8 heteroatoms. The summed E-state index contributed by atoms with van der Waals surface area (Å²) in [6, 6.07) is 0. The topological polar surface area (TPSA) is 132 Å². The van der Waals surface area contributed by atoms with Gasteiger partial charge < -0.3 is 20.4 Å². The van der Waals surface area contributed by atoms with Gasteiger partial charge >= 0.3 is 47.7 Å². The van der Waals surface area contributed by atoms with Crippen molar-refractivity contribution in [3.8, 4) is 0 Å². The maximum atomic E-state index is 9.55. The van der Waals surface area contributed by atoms with E-state index in [4.69, 9.17) is 25.2 Å². The summed E-state index contributed by atoms with van der Waals surface area (Å²) in [4.78, 5) is 27.7. The van der Waals surface area contributed by atoms with Gasteiger partial charge in [-0.05, 0) is 0 Å². The molecule has 0 aliphatic rings. The van der Waals surface area contributed by atoms with E-state index in [0.717, 1.165) is 0 Å². The van der Waals surface area contributed by atoms with Gasteiger partial charge in [0.15, 0.2) is 0 Å². The third-order valence-electron chi connectivity index (χ3n) is 0.368. The molecule has 0 aromatic rings. The zero-order valence-electron chi connectivity index (χ0n) is 5.67. The molecule has 0 bridgehead atoms. The van der Waals surface area contributed by atoms with E-state index in [0.29, 0.717) is 12.2 Å². The van der Waals surface area contributed by atoms with Crippen LogP contribution in [0.25, 0.3) is 0 Å². The third kappa shape index (κ3) is 56.2. The minimum atomic E-state index is -1.83. The van der Waals surface area contributed by atoms with Crippen LogP contribution in [0.15, 0.2) is 12.2 Å². The Hall–Kier alpha value is -1.05. The molecule has 0 unspecified atom stereocenters. The van der Waals surface area contributed by atoms with Crippen LogP contribution < -0.4 is 0 Å². The first-order chi connectivity index (χ1) is 5.36. The molecule has 0 aliphatic heterocycles. The standard InChI is InChI=1S/C4H4O4.CH2O3.Na.H/c5-3(6)1-2-4(7)8;2-1(3)4;;/h1-2H,(H,5,6)(H,7,8);(H2,2,3,4);;. The Kier molecular flexibility index (Phi) is 15.1. The van der Waals surface area contributed by atoms with Crippen LogP contribution >= 0.6 is 0 Å². The van der Waals surface area contributed by atoms with Crippen LogP contribution in [0.4, 0.5) is 4.79 Å². The average Bonchev–Trinajstić information content (AvgIpc) is 1.82. The predicted molar refractivity (Wildman–Crippen MR) is 42.2 cm³/mol. The number of rotatable bonds is 2. The van der Waals surface area contributed by atoms with Crippen LogP contribution in [0.5, 0.6) is 0 Å². The summed E-state index contributed by atoms with van der Waals surface area (Å²) in [5.41, 5.74) is 0. The molecule has 0 saturated carbocycles. The summed E-state index contributed by atoms with van der Waals surface area (Å²) in [6.07, 6.45) is -0.718. The summed E-state index contributed by atoms with van der Waals surface area (Å²) in [5.74, 6) is -2.51. The second-order valence-corrected chi connectivity index (χ2v) is 1.29. The molecule has 4 N–H and O–H groups in total. The summed E-state index contributed by atoms with van der Waals surface area (Å²) >= 11 is 0. The Balaban J connectivity index is -0.000000173. The molecule has 0 aliphatic carbocycles. The van der Waals surface area contributed by atoms with Gasteiger partial charge in [0.05, 0.1) is 0 Å². The first-order valence-electron chi connectivity index (χ1n) is 2.42. The van der Waals surface area contributed by atoms with Crippen molar-refractivity contribution in [2.24, 2.45) is 0 Å². The first kappa shape index (κ1) is 17.9. The molecule has 7 nitrogen and oxygen atoms in total. The molecular weight excluding hydrogens is 195 g/mol. The van der Waals surface area contributed by atoms with Gasteiger partial charge in [0.25, 0.3) is 0 Å². The van der Waals surface area contributed by atoms with E-state index in [9.17, 15) is 9.59 Å². The zero-order valence-corrected chi connectivity index (χ0v) is 5.67. The second kappa shape index (κ2) is 11.0. The average molecular weight is 202 g/mol. The van der Waals surface area contributed by atoms with Crippen molar-refractivity contribution in [3.05, 3.63) is 12.2 Å². The van der Waals surface area contributed by atoms with E-state index < -0.39 is 18.1 Å². The van der Waals surface area contributed by atoms with Crippen molar-refractivity contribution < 1.29 is 34.8 Å². The second-order valence-electron chi connectivity index (χ2n) is 1.29. The number of hydrogen-bond acceptors (Lipinski definition) is 3. The van der Waals surface area contributed by atoms with Crippen LogP contribution in [-0.2, 0) is 9.59 Å². The molecule has 0 radical (unpaired) electrons. The number of carboxylic acids is 2. The van der Waals surface area contributed by atoms with Crippen molar-refractivity contribution >= 4 is 47.7 Å². The van der Waals surface area contributed by atoms with Crippen molar-refractivity contribution in [3.63, 3.8) is 0 Å². The number of aliphatic carboxylic acids is 2. The molecular formula is C5H7NaO7. The Morgan fingerprint density at radius 2 is 0.923 bits per heavy atom. The van der Waals surface area contributed by atoms with Crippen LogP contribution in [0.1, 0.15) is 0 Å². The molecule has 13 heavy (non-hydrogen) atoms. The van der Waals surface area contributed by atoms with E-state index in [2.05, 4.69) is 0 Å². The fraction of sp³-hybridized carbons (Fsp3) is 0. The number of hydrogen-bond donors (Lipinski definition) is 4. The van der Waals surface area contributed by atoms with Gasteiger partial charge in [-0.1, -0.05) is 0 Å². The van der Waals surface area contributed by atoms with Gasteiger partial charge in [0.2, 0.25) is 0 Å².